The van der Waals surface area contributed by atoms with Gasteiger partial charge in [-0.2, -0.15) is 5.10 Å². The SMILES string of the molecule is Cc1ccc(-c2nnc(SCC(=O)N/N=C\c3ccc(Br)cc3)n2-c2ccccc2)cc1. The van der Waals surface area contributed by atoms with Gasteiger partial charge in [-0.05, 0) is 36.8 Å². The topological polar surface area (TPSA) is 72.2 Å². The van der Waals surface area contributed by atoms with Crippen LogP contribution in [0, 0.1) is 6.92 Å². The van der Waals surface area contributed by atoms with Crippen LogP contribution in [-0.4, -0.2) is 32.6 Å². The summed E-state index contributed by atoms with van der Waals surface area (Å²) >= 11 is 4.71. The van der Waals surface area contributed by atoms with E-state index in [2.05, 4.69) is 36.7 Å². The van der Waals surface area contributed by atoms with Gasteiger partial charge in [0.25, 0.3) is 5.91 Å². The Morgan fingerprint density at radius 2 is 1.75 bits per heavy atom. The number of carbonyl (C=O) groups excluding carboxylic acids is 1. The molecule has 0 saturated carbocycles. The molecule has 4 rings (SSSR count). The van der Waals surface area contributed by atoms with Crippen LogP contribution in [0.2, 0.25) is 0 Å². The Hall–Kier alpha value is -3.23. The van der Waals surface area contributed by atoms with E-state index in [4.69, 9.17) is 0 Å². The van der Waals surface area contributed by atoms with Crippen LogP contribution >= 0.6 is 27.7 Å². The van der Waals surface area contributed by atoms with E-state index in [1.165, 1.54) is 17.3 Å². The lowest BCUT2D eigenvalue weighted by Crippen LogP contribution is -2.20. The van der Waals surface area contributed by atoms with Gasteiger partial charge < -0.3 is 0 Å². The first-order chi connectivity index (χ1) is 15.6. The van der Waals surface area contributed by atoms with E-state index < -0.39 is 0 Å². The number of hydrazone groups is 1. The molecular weight excluding hydrogens is 486 g/mol. The second kappa shape index (κ2) is 10.4. The summed E-state index contributed by atoms with van der Waals surface area (Å²) in [4.78, 5) is 12.3. The summed E-state index contributed by atoms with van der Waals surface area (Å²) in [7, 11) is 0. The van der Waals surface area contributed by atoms with Crippen LogP contribution in [0.25, 0.3) is 17.1 Å². The maximum Gasteiger partial charge on any atom is 0.250 e. The van der Waals surface area contributed by atoms with E-state index in [9.17, 15) is 4.79 Å². The van der Waals surface area contributed by atoms with Crippen molar-refractivity contribution in [1.82, 2.24) is 20.2 Å². The molecule has 32 heavy (non-hydrogen) atoms. The van der Waals surface area contributed by atoms with E-state index in [-0.39, 0.29) is 11.7 Å². The van der Waals surface area contributed by atoms with Crippen molar-refractivity contribution in [2.45, 2.75) is 12.1 Å². The van der Waals surface area contributed by atoms with Crippen LogP contribution in [0.1, 0.15) is 11.1 Å². The van der Waals surface area contributed by atoms with Gasteiger partial charge in [0.1, 0.15) is 0 Å². The number of nitrogens with one attached hydrogen (secondary N) is 1. The third-order valence-corrected chi connectivity index (χ3v) is 6.02. The predicted octanol–water partition coefficient (Wildman–Crippen LogP) is 5.25. The number of carbonyl (C=O) groups is 1. The Bertz CT molecular complexity index is 1220. The largest absolute Gasteiger partial charge is 0.272 e. The maximum atomic E-state index is 12.3. The predicted molar refractivity (Wildman–Crippen MR) is 132 cm³/mol. The third kappa shape index (κ3) is 5.52. The number of halogens is 1. The Balaban J connectivity index is 1.49. The molecule has 4 aromatic rings. The van der Waals surface area contributed by atoms with Gasteiger partial charge in [0.05, 0.1) is 12.0 Å². The third-order valence-electron chi connectivity index (χ3n) is 4.56. The summed E-state index contributed by atoms with van der Waals surface area (Å²) in [6.45, 7) is 2.05. The van der Waals surface area contributed by atoms with Crippen LogP contribution in [0.15, 0.2) is 93.6 Å². The van der Waals surface area contributed by atoms with Crippen molar-refractivity contribution in [1.29, 1.82) is 0 Å². The molecule has 0 unspecified atom stereocenters. The van der Waals surface area contributed by atoms with Crippen molar-refractivity contribution in [2.24, 2.45) is 5.10 Å². The van der Waals surface area contributed by atoms with Gasteiger partial charge in [0, 0.05) is 15.7 Å². The molecule has 1 N–H and O–H groups in total. The second-order valence-electron chi connectivity index (χ2n) is 6.98. The van der Waals surface area contributed by atoms with Gasteiger partial charge in [-0.25, -0.2) is 5.43 Å². The number of hydrogen-bond donors (Lipinski definition) is 1. The Labute approximate surface area is 198 Å². The van der Waals surface area contributed by atoms with Gasteiger partial charge in [-0.15, -0.1) is 10.2 Å². The summed E-state index contributed by atoms with van der Waals surface area (Å²) in [6.07, 6.45) is 1.61. The first-order valence-electron chi connectivity index (χ1n) is 9.88. The van der Waals surface area contributed by atoms with Crippen LogP contribution in [0.3, 0.4) is 0 Å². The van der Waals surface area contributed by atoms with Crippen molar-refractivity contribution in [3.8, 4) is 17.1 Å². The zero-order valence-corrected chi connectivity index (χ0v) is 19.7. The molecule has 0 saturated heterocycles. The van der Waals surface area contributed by atoms with Gasteiger partial charge in [0.2, 0.25) is 0 Å². The normalized spacial score (nSPS) is 11.1. The number of benzene rings is 3. The molecule has 0 atom stereocenters. The molecule has 0 bridgehead atoms. The number of rotatable bonds is 7. The van der Waals surface area contributed by atoms with E-state index in [0.717, 1.165) is 27.1 Å². The first kappa shape index (κ1) is 22.0. The Kier molecular flexibility index (Phi) is 7.14. The Morgan fingerprint density at radius 1 is 1.03 bits per heavy atom. The molecule has 8 heteroatoms. The minimum Gasteiger partial charge on any atom is -0.272 e. The van der Waals surface area contributed by atoms with Crippen molar-refractivity contribution >= 4 is 39.8 Å². The maximum absolute atomic E-state index is 12.3. The molecule has 3 aromatic carbocycles. The molecule has 1 aromatic heterocycles. The van der Waals surface area contributed by atoms with Gasteiger partial charge >= 0.3 is 0 Å². The molecule has 6 nitrogen and oxygen atoms in total. The van der Waals surface area contributed by atoms with Crippen molar-refractivity contribution in [2.75, 3.05) is 5.75 Å². The summed E-state index contributed by atoms with van der Waals surface area (Å²) in [6, 6.07) is 25.7. The van der Waals surface area contributed by atoms with Gasteiger partial charge in [-0.1, -0.05) is 87.9 Å². The fraction of sp³-hybridized carbons (Fsp3) is 0.0833. The summed E-state index contributed by atoms with van der Waals surface area (Å²) in [5.74, 6) is 0.673. The van der Waals surface area contributed by atoms with E-state index in [1.54, 1.807) is 6.21 Å². The fourth-order valence-electron chi connectivity index (χ4n) is 2.95. The number of aromatic nitrogens is 3. The highest BCUT2D eigenvalue weighted by Gasteiger charge is 2.17. The number of para-hydroxylation sites is 1. The lowest BCUT2D eigenvalue weighted by Gasteiger charge is -2.10. The molecule has 160 valence electrons. The number of nitrogens with zero attached hydrogens (tertiary/aromatic N) is 4. The van der Waals surface area contributed by atoms with E-state index in [0.29, 0.717) is 5.16 Å². The fourth-order valence-corrected chi connectivity index (χ4v) is 3.96. The highest BCUT2D eigenvalue weighted by molar-refractivity contribution is 9.10. The summed E-state index contributed by atoms with van der Waals surface area (Å²) in [5.41, 5.74) is 6.53. The molecule has 0 aliphatic rings. The molecule has 0 aliphatic heterocycles. The van der Waals surface area contributed by atoms with Crippen LogP contribution in [0.4, 0.5) is 0 Å². The monoisotopic (exact) mass is 505 g/mol. The molecule has 0 aliphatic carbocycles. The average molecular weight is 506 g/mol. The highest BCUT2D eigenvalue weighted by atomic mass is 79.9. The number of hydrogen-bond acceptors (Lipinski definition) is 5. The van der Waals surface area contributed by atoms with Crippen LogP contribution < -0.4 is 5.43 Å². The number of amides is 1. The summed E-state index contributed by atoms with van der Waals surface area (Å²) < 4.78 is 2.95. The average Bonchev–Trinajstić information content (AvgIpc) is 3.24. The summed E-state index contributed by atoms with van der Waals surface area (Å²) in [5, 5.41) is 13.4. The van der Waals surface area contributed by atoms with E-state index >= 15 is 0 Å². The molecule has 0 fully saturated rings. The standard InChI is InChI=1S/C24H20BrN5OS/c1-17-7-11-19(12-8-17)23-28-29-24(30(23)21-5-3-2-4-6-21)32-16-22(31)27-26-15-18-9-13-20(25)14-10-18/h2-15H,16H2,1H3,(H,27,31)/b26-15-. The van der Waals surface area contributed by atoms with Crippen LogP contribution in [0.5, 0.6) is 0 Å². The highest BCUT2D eigenvalue weighted by Crippen LogP contribution is 2.28. The zero-order valence-electron chi connectivity index (χ0n) is 17.3. The van der Waals surface area contributed by atoms with Crippen LogP contribution in [-0.2, 0) is 4.79 Å². The molecule has 0 radical (unpaired) electrons. The number of thioether (sulfide) groups is 1. The van der Waals surface area contributed by atoms with Crippen molar-refractivity contribution < 1.29 is 4.79 Å². The molecular formula is C24H20BrN5OS. The Morgan fingerprint density at radius 3 is 2.47 bits per heavy atom. The first-order valence-corrected chi connectivity index (χ1v) is 11.7. The quantitative estimate of drug-likeness (QED) is 0.211. The lowest BCUT2D eigenvalue weighted by atomic mass is 10.1. The van der Waals surface area contributed by atoms with Crippen molar-refractivity contribution in [3.05, 3.63) is 94.5 Å². The lowest BCUT2D eigenvalue weighted by molar-refractivity contribution is -0.118. The van der Waals surface area contributed by atoms with Crippen molar-refractivity contribution in [3.63, 3.8) is 0 Å². The molecule has 1 heterocycles. The molecule has 1 amide bonds. The van der Waals surface area contributed by atoms with Gasteiger partial charge in [0.15, 0.2) is 11.0 Å². The van der Waals surface area contributed by atoms with E-state index in [1.807, 2.05) is 90.4 Å². The van der Waals surface area contributed by atoms with Gasteiger partial charge in [-0.3, -0.25) is 9.36 Å². The molecule has 0 spiro atoms. The smallest absolute Gasteiger partial charge is 0.250 e. The second-order valence-corrected chi connectivity index (χ2v) is 8.83. The minimum absolute atomic E-state index is 0.163. The minimum atomic E-state index is -0.220. The number of aryl methyl sites for hydroxylation is 1. The zero-order chi connectivity index (χ0) is 22.3.